The van der Waals surface area contributed by atoms with Crippen LogP contribution in [0.4, 0.5) is 8.78 Å². The topological polar surface area (TPSA) is 49.3 Å². The molecular weight excluding hydrogens is 156 g/mol. The highest BCUT2D eigenvalue weighted by atomic mass is 19.3. The third kappa shape index (κ3) is 2.11. The van der Waals surface area contributed by atoms with Gasteiger partial charge in [-0.15, -0.1) is 0 Å². The Morgan fingerprint density at radius 2 is 2.27 bits per heavy atom. The number of carbonyl (C=O) groups is 1. The van der Waals surface area contributed by atoms with Crippen molar-refractivity contribution in [3.8, 4) is 0 Å². The molecule has 0 aromatic carbocycles. The Bertz CT molecular complexity index is 172. The second kappa shape index (κ2) is 2.73. The molecule has 1 saturated heterocycles. The van der Waals surface area contributed by atoms with Crippen LogP contribution in [0, 0.1) is 0 Å². The van der Waals surface area contributed by atoms with Crippen LogP contribution in [0.25, 0.3) is 0 Å². The molecule has 11 heavy (non-hydrogen) atoms. The Morgan fingerprint density at radius 1 is 1.64 bits per heavy atom. The fraction of sp³-hybridized carbons (Fsp3) is 0.833. The van der Waals surface area contributed by atoms with Gasteiger partial charge in [-0.05, 0) is 0 Å². The van der Waals surface area contributed by atoms with Crippen LogP contribution < -0.4 is 5.32 Å². The van der Waals surface area contributed by atoms with Gasteiger partial charge in [0, 0.05) is 19.4 Å². The molecule has 0 aromatic heterocycles. The zero-order valence-corrected chi connectivity index (χ0v) is 5.81. The number of alkyl halides is 2. The minimum atomic E-state index is -2.81. The van der Waals surface area contributed by atoms with E-state index in [4.69, 9.17) is 5.11 Å². The van der Waals surface area contributed by atoms with Gasteiger partial charge in [0.05, 0.1) is 0 Å². The van der Waals surface area contributed by atoms with E-state index >= 15 is 0 Å². The van der Waals surface area contributed by atoms with Gasteiger partial charge in [0.1, 0.15) is 6.04 Å². The summed E-state index contributed by atoms with van der Waals surface area (Å²) in [5.74, 6) is -4.02. The molecule has 0 saturated carbocycles. The second-order valence-corrected chi connectivity index (χ2v) is 2.66. The molecule has 0 spiro atoms. The smallest absolute Gasteiger partial charge is 0.320 e. The van der Waals surface area contributed by atoms with Gasteiger partial charge in [0.15, 0.2) is 0 Å². The summed E-state index contributed by atoms with van der Waals surface area (Å²) in [7, 11) is 0. The number of hydrogen-bond acceptors (Lipinski definition) is 2. The molecule has 1 rings (SSSR count). The molecule has 1 aliphatic heterocycles. The number of nitrogens with one attached hydrogen (secondary N) is 1. The Labute approximate surface area is 62.4 Å². The minimum Gasteiger partial charge on any atom is -0.480 e. The summed E-state index contributed by atoms with van der Waals surface area (Å²) < 4.78 is 25.0. The Morgan fingerprint density at radius 3 is 2.64 bits per heavy atom. The summed E-state index contributed by atoms with van der Waals surface area (Å²) in [6, 6.07) is -1.08. The molecule has 1 aliphatic rings. The SMILES string of the molecule is O=C(O)[C@@H]1CC(F)(F)CCN1. The van der Waals surface area contributed by atoms with E-state index in [1.54, 1.807) is 0 Å². The molecule has 0 aromatic rings. The lowest BCUT2D eigenvalue weighted by Gasteiger charge is -2.27. The van der Waals surface area contributed by atoms with E-state index in [0.29, 0.717) is 0 Å². The number of carboxylic acid groups (broad SMARTS) is 1. The summed E-state index contributed by atoms with van der Waals surface area (Å²) in [5, 5.41) is 10.9. The van der Waals surface area contributed by atoms with Gasteiger partial charge in [0.25, 0.3) is 5.92 Å². The standard InChI is InChI=1S/C6H9F2NO2/c7-6(8)1-2-9-4(3-6)5(10)11/h4,9H,1-3H2,(H,10,11)/t4-/m0/s1. The quantitative estimate of drug-likeness (QED) is 0.593. The van der Waals surface area contributed by atoms with E-state index in [1.807, 2.05) is 0 Å². The number of carboxylic acids is 1. The molecule has 2 N–H and O–H groups in total. The molecule has 5 heteroatoms. The van der Waals surface area contributed by atoms with Gasteiger partial charge in [-0.25, -0.2) is 8.78 Å². The van der Waals surface area contributed by atoms with Crippen LogP contribution in [0.3, 0.4) is 0 Å². The number of hydrogen-bond donors (Lipinski definition) is 2. The zero-order chi connectivity index (χ0) is 8.48. The molecule has 64 valence electrons. The molecular formula is C6H9F2NO2. The Balaban J connectivity index is 2.53. The molecule has 0 amide bonds. The van der Waals surface area contributed by atoms with E-state index in [1.165, 1.54) is 0 Å². The summed E-state index contributed by atoms with van der Waals surface area (Å²) in [4.78, 5) is 10.2. The Kier molecular flexibility index (Phi) is 2.08. The van der Waals surface area contributed by atoms with Gasteiger partial charge in [0.2, 0.25) is 0 Å². The number of halogens is 2. The molecule has 1 atom stereocenters. The van der Waals surface area contributed by atoms with Crippen molar-refractivity contribution in [3.05, 3.63) is 0 Å². The zero-order valence-electron chi connectivity index (χ0n) is 5.81. The predicted molar refractivity (Wildman–Crippen MR) is 33.6 cm³/mol. The van der Waals surface area contributed by atoms with E-state index in [-0.39, 0.29) is 13.0 Å². The van der Waals surface area contributed by atoms with Crippen LogP contribution in [0.5, 0.6) is 0 Å². The fourth-order valence-electron chi connectivity index (χ4n) is 1.08. The molecule has 0 unspecified atom stereocenters. The maximum absolute atomic E-state index is 12.5. The third-order valence-corrected chi connectivity index (χ3v) is 1.68. The largest absolute Gasteiger partial charge is 0.480 e. The maximum Gasteiger partial charge on any atom is 0.320 e. The minimum absolute atomic E-state index is 0.0734. The number of rotatable bonds is 1. The van der Waals surface area contributed by atoms with Gasteiger partial charge in [-0.1, -0.05) is 0 Å². The summed E-state index contributed by atoms with van der Waals surface area (Å²) in [5.41, 5.74) is 0. The lowest BCUT2D eigenvalue weighted by molar-refractivity contribution is -0.144. The van der Waals surface area contributed by atoms with E-state index in [0.717, 1.165) is 0 Å². The predicted octanol–water partition coefficient (Wildman–Crippen LogP) is 0.458. The molecule has 0 bridgehead atoms. The lowest BCUT2D eigenvalue weighted by atomic mass is 10.0. The van der Waals surface area contributed by atoms with Crippen molar-refractivity contribution in [1.29, 1.82) is 0 Å². The van der Waals surface area contributed by atoms with Crippen LogP contribution in [-0.4, -0.2) is 29.6 Å². The van der Waals surface area contributed by atoms with E-state index < -0.39 is 24.4 Å². The van der Waals surface area contributed by atoms with Gasteiger partial charge >= 0.3 is 5.97 Å². The van der Waals surface area contributed by atoms with Gasteiger partial charge < -0.3 is 10.4 Å². The molecule has 0 aliphatic carbocycles. The second-order valence-electron chi connectivity index (χ2n) is 2.66. The fourth-order valence-corrected chi connectivity index (χ4v) is 1.08. The molecule has 0 radical (unpaired) electrons. The Hall–Kier alpha value is -0.710. The normalized spacial score (nSPS) is 29.8. The number of aliphatic carboxylic acids is 1. The highest BCUT2D eigenvalue weighted by molar-refractivity contribution is 5.73. The van der Waals surface area contributed by atoms with Crippen LogP contribution in [-0.2, 0) is 4.79 Å². The lowest BCUT2D eigenvalue weighted by Crippen LogP contribution is -2.47. The van der Waals surface area contributed by atoms with E-state index in [2.05, 4.69) is 5.32 Å². The summed E-state index contributed by atoms with van der Waals surface area (Å²) in [6.45, 7) is 0.0734. The summed E-state index contributed by atoms with van der Waals surface area (Å²) >= 11 is 0. The van der Waals surface area contributed by atoms with Crippen molar-refractivity contribution in [1.82, 2.24) is 5.32 Å². The molecule has 1 heterocycles. The van der Waals surface area contributed by atoms with Crippen molar-refractivity contribution in [2.45, 2.75) is 24.8 Å². The van der Waals surface area contributed by atoms with Crippen LogP contribution >= 0.6 is 0 Å². The average molecular weight is 165 g/mol. The first-order valence-corrected chi connectivity index (χ1v) is 3.35. The first kappa shape index (κ1) is 8.39. The number of piperidine rings is 1. The maximum atomic E-state index is 12.5. The van der Waals surface area contributed by atoms with Crippen molar-refractivity contribution in [2.24, 2.45) is 0 Å². The van der Waals surface area contributed by atoms with Crippen LogP contribution in [0.15, 0.2) is 0 Å². The first-order valence-electron chi connectivity index (χ1n) is 3.35. The average Bonchev–Trinajstić information content (AvgIpc) is 1.85. The first-order chi connectivity index (χ1) is 5.01. The molecule has 1 fully saturated rings. The highest BCUT2D eigenvalue weighted by Gasteiger charge is 2.38. The summed E-state index contributed by atoms with van der Waals surface area (Å²) in [6.07, 6.45) is -0.862. The van der Waals surface area contributed by atoms with Crippen LogP contribution in [0.1, 0.15) is 12.8 Å². The monoisotopic (exact) mass is 165 g/mol. The van der Waals surface area contributed by atoms with E-state index in [9.17, 15) is 13.6 Å². The van der Waals surface area contributed by atoms with Gasteiger partial charge in [-0.3, -0.25) is 4.79 Å². The van der Waals surface area contributed by atoms with Crippen LogP contribution in [0.2, 0.25) is 0 Å². The third-order valence-electron chi connectivity index (χ3n) is 1.68. The molecule has 3 nitrogen and oxygen atoms in total. The van der Waals surface area contributed by atoms with Crippen molar-refractivity contribution < 1.29 is 18.7 Å². The van der Waals surface area contributed by atoms with Crippen molar-refractivity contribution >= 4 is 5.97 Å². The van der Waals surface area contributed by atoms with Gasteiger partial charge in [-0.2, -0.15) is 0 Å². The van der Waals surface area contributed by atoms with Crippen molar-refractivity contribution in [3.63, 3.8) is 0 Å². The van der Waals surface area contributed by atoms with Crippen molar-refractivity contribution in [2.75, 3.05) is 6.54 Å². The highest BCUT2D eigenvalue weighted by Crippen LogP contribution is 2.27.